The smallest absolute Gasteiger partial charge is 0.118 e. The number of nitrogens with one attached hydrogen (secondary N) is 1. The third kappa shape index (κ3) is 3.14. The molecule has 0 saturated carbocycles. The van der Waals surface area contributed by atoms with Gasteiger partial charge >= 0.3 is 0 Å². The Labute approximate surface area is 108 Å². The van der Waals surface area contributed by atoms with E-state index in [4.69, 9.17) is 4.74 Å². The van der Waals surface area contributed by atoms with Crippen LogP contribution in [0.5, 0.6) is 5.75 Å². The molecular weight excluding hydrogens is 224 g/mol. The standard InChI is InChI=1S/C15H20N2O/c1-12(14-4-6-15(18-3)7-5-14)16-10-13-8-9-17(2)11-13/h4-9,11-12,16H,10H2,1-3H3/t12-/m1/s1. The summed E-state index contributed by atoms with van der Waals surface area (Å²) in [6.07, 6.45) is 4.20. The Hall–Kier alpha value is -1.74. The first kappa shape index (κ1) is 12.7. The lowest BCUT2D eigenvalue weighted by Crippen LogP contribution is -2.17. The van der Waals surface area contributed by atoms with E-state index in [9.17, 15) is 0 Å². The first-order valence-corrected chi connectivity index (χ1v) is 6.17. The summed E-state index contributed by atoms with van der Waals surface area (Å²) >= 11 is 0. The zero-order valence-corrected chi connectivity index (χ0v) is 11.2. The van der Waals surface area contributed by atoms with Crippen molar-refractivity contribution in [2.24, 2.45) is 7.05 Å². The molecule has 3 heteroatoms. The van der Waals surface area contributed by atoms with Crippen LogP contribution < -0.4 is 10.1 Å². The molecule has 0 saturated heterocycles. The van der Waals surface area contributed by atoms with Crippen LogP contribution in [0.3, 0.4) is 0 Å². The van der Waals surface area contributed by atoms with E-state index in [0.717, 1.165) is 12.3 Å². The lowest BCUT2D eigenvalue weighted by molar-refractivity contribution is 0.414. The predicted octanol–water partition coefficient (Wildman–Crippen LogP) is 2.88. The summed E-state index contributed by atoms with van der Waals surface area (Å²) in [7, 11) is 3.72. The van der Waals surface area contributed by atoms with Crippen LogP contribution in [0, 0.1) is 0 Å². The van der Waals surface area contributed by atoms with Crippen molar-refractivity contribution in [1.29, 1.82) is 0 Å². The molecule has 1 aromatic heterocycles. The fourth-order valence-electron chi connectivity index (χ4n) is 1.95. The molecular formula is C15H20N2O. The van der Waals surface area contributed by atoms with Gasteiger partial charge in [-0.3, -0.25) is 0 Å². The van der Waals surface area contributed by atoms with Gasteiger partial charge in [0.05, 0.1) is 7.11 Å². The van der Waals surface area contributed by atoms with E-state index in [2.05, 4.69) is 47.4 Å². The Bertz CT molecular complexity index is 487. The average molecular weight is 244 g/mol. The van der Waals surface area contributed by atoms with Gasteiger partial charge in [0.2, 0.25) is 0 Å². The van der Waals surface area contributed by atoms with Crippen LogP contribution in [-0.4, -0.2) is 11.7 Å². The molecule has 0 fully saturated rings. The molecule has 1 heterocycles. The molecule has 0 radical (unpaired) electrons. The second-order valence-electron chi connectivity index (χ2n) is 4.56. The summed E-state index contributed by atoms with van der Waals surface area (Å²) in [4.78, 5) is 0. The maximum atomic E-state index is 5.16. The Morgan fingerprint density at radius 1 is 1.22 bits per heavy atom. The fraction of sp³-hybridized carbons (Fsp3) is 0.333. The monoisotopic (exact) mass is 244 g/mol. The number of aromatic nitrogens is 1. The minimum absolute atomic E-state index is 0.330. The van der Waals surface area contributed by atoms with Crippen molar-refractivity contribution >= 4 is 0 Å². The second-order valence-corrected chi connectivity index (χ2v) is 4.56. The number of hydrogen-bond acceptors (Lipinski definition) is 2. The number of aryl methyl sites for hydroxylation is 1. The quantitative estimate of drug-likeness (QED) is 0.875. The first-order valence-electron chi connectivity index (χ1n) is 6.17. The molecule has 2 aromatic rings. The number of rotatable bonds is 5. The number of methoxy groups -OCH3 is 1. The molecule has 18 heavy (non-hydrogen) atoms. The molecule has 96 valence electrons. The van der Waals surface area contributed by atoms with E-state index in [1.165, 1.54) is 11.1 Å². The molecule has 1 N–H and O–H groups in total. The third-order valence-electron chi connectivity index (χ3n) is 3.12. The summed E-state index contributed by atoms with van der Waals surface area (Å²) < 4.78 is 7.22. The van der Waals surface area contributed by atoms with Crippen molar-refractivity contribution in [3.63, 3.8) is 0 Å². The number of ether oxygens (including phenoxy) is 1. The molecule has 0 aliphatic rings. The van der Waals surface area contributed by atoms with E-state index in [1.807, 2.05) is 19.2 Å². The molecule has 0 unspecified atom stereocenters. The fourth-order valence-corrected chi connectivity index (χ4v) is 1.95. The van der Waals surface area contributed by atoms with Gasteiger partial charge < -0.3 is 14.6 Å². The third-order valence-corrected chi connectivity index (χ3v) is 3.12. The SMILES string of the molecule is COc1ccc([C@@H](C)NCc2ccn(C)c2)cc1. The van der Waals surface area contributed by atoms with Gasteiger partial charge in [0.1, 0.15) is 5.75 Å². The first-order chi connectivity index (χ1) is 8.69. The van der Waals surface area contributed by atoms with Crippen molar-refractivity contribution in [3.05, 3.63) is 53.9 Å². The molecule has 1 atom stereocenters. The summed E-state index contributed by atoms with van der Waals surface area (Å²) in [5.74, 6) is 0.897. The number of nitrogens with zero attached hydrogens (tertiary/aromatic N) is 1. The zero-order chi connectivity index (χ0) is 13.0. The summed E-state index contributed by atoms with van der Waals surface area (Å²) in [6.45, 7) is 3.05. The molecule has 0 spiro atoms. The minimum Gasteiger partial charge on any atom is -0.497 e. The van der Waals surface area contributed by atoms with Gasteiger partial charge in [-0.25, -0.2) is 0 Å². The Morgan fingerprint density at radius 2 is 1.94 bits per heavy atom. The van der Waals surface area contributed by atoms with E-state index >= 15 is 0 Å². The largest absolute Gasteiger partial charge is 0.497 e. The highest BCUT2D eigenvalue weighted by atomic mass is 16.5. The van der Waals surface area contributed by atoms with E-state index < -0.39 is 0 Å². The van der Waals surface area contributed by atoms with Crippen LogP contribution in [0.25, 0.3) is 0 Å². The molecule has 1 aromatic carbocycles. The molecule has 0 aliphatic heterocycles. The predicted molar refractivity (Wildman–Crippen MR) is 73.7 cm³/mol. The van der Waals surface area contributed by atoms with E-state index in [-0.39, 0.29) is 0 Å². The topological polar surface area (TPSA) is 26.2 Å². The van der Waals surface area contributed by atoms with Gasteiger partial charge in [0.25, 0.3) is 0 Å². The van der Waals surface area contributed by atoms with Gasteiger partial charge in [-0.05, 0) is 36.2 Å². The van der Waals surface area contributed by atoms with E-state index in [1.54, 1.807) is 7.11 Å². The van der Waals surface area contributed by atoms with Crippen LogP contribution in [0.1, 0.15) is 24.1 Å². The lowest BCUT2D eigenvalue weighted by Gasteiger charge is -2.14. The lowest BCUT2D eigenvalue weighted by atomic mass is 10.1. The van der Waals surface area contributed by atoms with Crippen LogP contribution in [0.2, 0.25) is 0 Å². The van der Waals surface area contributed by atoms with Gasteiger partial charge in [-0.15, -0.1) is 0 Å². The molecule has 0 aliphatic carbocycles. The summed E-state index contributed by atoms with van der Waals surface area (Å²) in [5, 5.41) is 3.51. The van der Waals surface area contributed by atoms with Gasteiger partial charge in [0, 0.05) is 32.0 Å². The Balaban J connectivity index is 1.92. The maximum Gasteiger partial charge on any atom is 0.118 e. The highest BCUT2D eigenvalue weighted by Gasteiger charge is 2.05. The van der Waals surface area contributed by atoms with Gasteiger partial charge in [0.15, 0.2) is 0 Å². The van der Waals surface area contributed by atoms with Crippen molar-refractivity contribution in [2.75, 3.05) is 7.11 Å². The minimum atomic E-state index is 0.330. The molecule has 3 nitrogen and oxygen atoms in total. The summed E-state index contributed by atoms with van der Waals surface area (Å²) in [6, 6.07) is 10.7. The molecule has 0 amide bonds. The number of benzene rings is 1. The zero-order valence-electron chi connectivity index (χ0n) is 11.2. The van der Waals surface area contributed by atoms with E-state index in [0.29, 0.717) is 6.04 Å². The van der Waals surface area contributed by atoms with Crippen LogP contribution in [-0.2, 0) is 13.6 Å². The van der Waals surface area contributed by atoms with Gasteiger partial charge in [-0.1, -0.05) is 12.1 Å². The van der Waals surface area contributed by atoms with Crippen LogP contribution in [0.15, 0.2) is 42.7 Å². The number of hydrogen-bond donors (Lipinski definition) is 1. The van der Waals surface area contributed by atoms with Crippen molar-refractivity contribution < 1.29 is 4.74 Å². The van der Waals surface area contributed by atoms with Gasteiger partial charge in [-0.2, -0.15) is 0 Å². The Kier molecular flexibility index (Phi) is 4.05. The Morgan fingerprint density at radius 3 is 2.50 bits per heavy atom. The normalized spacial score (nSPS) is 12.4. The average Bonchev–Trinajstić information content (AvgIpc) is 2.82. The summed E-state index contributed by atoms with van der Waals surface area (Å²) in [5.41, 5.74) is 2.57. The maximum absolute atomic E-state index is 5.16. The highest BCUT2D eigenvalue weighted by molar-refractivity contribution is 5.28. The van der Waals surface area contributed by atoms with Crippen LogP contribution >= 0.6 is 0 Å². The van der Waals surface area contributed by atoms with Crippen molar-refractivity contribution in [3.8, 4) is 5.75 Å². The molecule has 0 bridgehead atoms. The van der Waals surface area contributed by atoms with Crippen molar-refractivity contribution in [2.45, 2.75) is 19.5 Å². The van der Waals surface area contributed by atoms with Crippen LogP contribution in [0.4, 0.5) is 0 Å². The second kappa shape index (κ2) is 5.74. The van der Waals surface area contributed by atoms with Crippen molar-refractivity contribution in [1.82, 2.24) is 9.88 Å². The molecule has 2 rings (SSSR count). The highest BCUT2D eigenvalue weighted by Crippen LogP contribution is 2.17.